The van der Waals surface area contributed by atoms with Crippen LogP contribution in [0.25, 0.3) is 0 Å². The molecule has 18 heavy (non-hydrogen) atoms. The van der Waals surface area contributed by atoms with Gasteiger partial charge in [-0.2, -0.15) is 0 Å². The van der Waals surface area contributed by atoms with Crippen molar-refractivity contribution in [3.05, 3.63) is 16.1 Å². The molecule has 102 valence electrons. The van der Waals surface area contributed by atoms with Crippen molar-refractivity contribution < 1.29 is 9.90 Å². The number of hydrogen-bond acceptors (Lipinski definition) is 4. The maximum atomic E-state index is 11.0. The van der Waals surface area contributed by atoms with Gasteiger partial charge in [0, 0.05) is 11.9 Å². The summed E-state index contributed by atoms with van der Waals surface area (Å²) in [5, 5.41) is 17.4. The fourth-order valence-electron chi connectivity index (χ4n) is 1.57. The summed E-state index contributed by atoms with van der Waals surface area (Å²) in [6.45, 7) is 8.57. The lowest BCUT2D eigenvalue weighted by Gasteiger charge is -2.40. The van der Waals surface area contributed by atoms with Gasteiger partial charge in [0.05, 0.1) is 11.2 Å². The second kappa shape index (κ2) is 5.24. The van der Waals surface area contributed by atoms with E-state index in [1.165, 1.54) is 11.3 Å². The highest BCUT2D eigenvalue weighted by atomic mass is 32.1. The fraction of sp³-hybridized carbons (Fsp3) is 0.667. The monoisotopic (exact) mass is 271 g/mol. The molecule has 0 spiro atoms. The van der Waals surface area contributed by atoms with Crippen LogP contribution in [0.1, 0.15) is 38.4 Å². The van der Waals surface area contributed by atoms with Crippen molar-refractivity contribution in [2.75, 3.05) is 7.05 Å². The lowest BCUT2D eigenvalue weighted by atomic mass is 9.75. The van der Waals surface area contributed by atoms with Crippen molar-refractivity contribution in [2.24, 2.45) is 5.41 Å². The first-order valence-electron chi connectivity index (χ1n) is 5.81. The van der Waals surface area contributed by atoms with Gasteiger partial charge < -0.3 is 15.7 Å². The van der Waals surface area contributed by atoms with Gasteiger partial charge in [-0.15, -0.1) is 11.3 Å². The first-order chi connectivity index (χ1) is 8.20. The topological polar surface area (TPSA) is 74.2 Å². The van der Waals surface area contributed by atoms with Crippen LogP contribution in [0.2, 0.25) is 0 Å². The molecule has 0 saturated carbocycles. The van der Waals surface area contributed by atoms with E-state index in [2.05, 4.69) is 15.6 Å². The third-order valence-electron chi connectivity index (χ3n) is 3.19. The molecule has 3 N–H and O–H groups in total. The van der Waals surface area contributed by atoms with E-state index in [1.807, 2.05) is 40.1 Å². The van der Waals surface area contributed by atoms with E-state index in [0.717, 1.165) is 10.7 Å². The van der Waals surface area contributed by atoms with Crippen LogP contribution in [0.5, 0.6) is 0 Å². The number of hydrogen-bond donors (Lipinski definition) is 3. The fourth-order valence-corrected chi connectivity index (χ4v) is 2.72. The lowest BCUT2D eigenvalue weighted by molar-refractivity contribution is 0.130. The smallest absolute Gasteiger partial charge is 0.405 e. The Morgan fingerprint density at radius 3 is 2.50 bits per heavy atom. The molecule has 1 aromatic heterocycles. The Morgan fingerprint density at radius 1 is 1.44 bits per heavy atom. The summed E-state index contributed by atoms with van der Waals surface area (Å²) in [5.74, 6) is 0. The van der Waals surface area contributed by atoms with Gasteiger partial charge in [-0.25, -0.2) is 9.78 Å². The van der Waals surface area contributed by atoms with Crippen molar-refractivity contribution >= 4 is 17.4 Å². The molecule has 1 amide bonds. The highest BCUT2D eigenvalue weighted by molar-refractivity contribution is 7.09. The van der Waals surface area contributed by atoms with Gasteiger partial charge in [0.2, 0.25) is 0 Å². The van der Waals surface area contributed by atoms with E-state index in [1.54, 1.807) is 0 Å². The molecule has 1 atom stereocenters. The number of aromatic nitrogens is 1. The molecule has 0 aliphatic carbocycles. The van der Waals surface area contributed by atoms with E-state index < -0.39 is 11.6 Å². The van der Waals surface area contributed by atoms with E-state index >= 15 is 0 Å². The number of carbonyl (C=O) groups is 1. The minimum absolute atomic E-state index is 0.264. The van der Waals surface area contributed by atoms with Gasteiger partial charge in [-0.1, -0.05) is 20.8 Å². The van der Waals surface area contributed by atoms with Gasteiger partial charge >= 0.3 is 6.09 Å². The highest BCUT2D eigenvalue weighted by Gasteiger charge is 2.43. The molecule has 6 heteroatoms. The number of thiazole rings is 1. The van der Waals surface area contributed by atoms with Crippen LogP contribution in [0.4, 0.5) is 4.79 Å². The Hall–Kier alpha value is -1.14. The first kappa shape index (κ1) is 14.9. The van der Waals surface area contributed by atoms with Crippen LogP contribution in [0.3, 0.4) is 0 Å². The molecule has 0 fully saturated rings. The van der Waals surface area contributed by atoms with E-state index in [9.17, 15) is 4.79 Å². The molecular formula is C12H21N3O2S. The Morgan fingerprint density at radius 2 is 2.06 bits per heavy atom. The van der Waals surface area contributed by atoms with Crippen LogP contribution < -0.4 is 10.6 Å². The van der Waals surface area contributed by atoms with Gasteiger partial charge in [0.25, 0.3) is 0 Å². The molecule has 0 aliphatic rings. The Balaban J connectivity index is 3.13. The number of rotatable bonds is 4. The third-order valence-corrected chi connectivity index (χ3v) is 4.31. The average Bonchev–Trinajstić information content (AvgIpc) is 2.64. The van der Waals surface area contributed by atoms with Crippen molar-refractivity contribution in [1.29, 1.82) is 0 Å². The standard InChI is InChI=1S/C12H21N3O2S/c1-11(2,3)12(4,15-10(16)17)9-14-8(6-13-5)7-18-9/h7,13,15H,6H2,1-5H3,(H,16,17). The highest BCUT2D eigenvalue weighted by Crippen LogP contribution is 2.40. The maximum absolute atomic E-state index is 11.0. The second-order valence-electron chi connectivity index (χ2n) is 5.48. The normalized spacial score (nSPS) is 15.2. The van der Waals surface area contributed by atoms with Gasteiger partial charge in [0.1, 0.15) is 5.01 Å². The van der Waals surface area contributed by atoms with E-state index in [-0.39, 0.29) is 5.41 Å². The SMILES string of the molecule is CNCc1csc(C(C)(NC(=O)O)C(C)(C)C)n1. The Bertz CT molecular complexity index is 425. The molecule has 0 bridgehead atoms. The van der Waals surface area contributed by atoms with Crippen molar-refractivity contribution in [3.8, 4) is 0 Å². The molecule has 1 heterocycles. The Kier molecular flexibility index (Phi) is 4.34. The summed E-state index contributed by atoms with van der Waals surface area (Å²) >= 11 is 1.49. The van der Waals surface area contributed by atoms with Crippen molar-refractivity contribution in [1.82, 2.24) is 15.6 Å². The molecular weight excluding hydrogens is 250 g/mol. The molecule has 1 unspecified atom stereocenters. The molecule has 0 aromatic carbocycles. The molecule has 5 nitrogen and oxygen atoms in total. The minimum Gasteiger partial charge on any atom is -0.465 e. The molecule has 1 rings (SSSR count). The van der Waals surface area contributed by atoms with Crippen LogP contribution in [-0.4, -0.2) is 23.2 Å². The van der Waals surface area contributed by atoms with Crippen LogP contribution >= 0.6 is 11.3 Å². The summed E-state index contributed by atoms with van der Waals surface area (Å²) in [7, 11) is 1.86. The van der Waals surface area contributed by atoms with Crippen molar-refractivity contribution in [2.45, 2.75) is 39.8 Å². The summed E-state index contributed by atoms with van der Waals surface area (Å²) in [6, 6.07) is 0. The minimum atomic E-state index is -1.03. The van der Waals surface area contributed by atoms with Gasteiger partial charge in [-0.05, 0) is 19.4 Å². The van der Waals surface area contributed by atoms with E-state index in [4.69, 9.17) is 5.11 Å². The van der Waals surface area contributed by atoms with Crippen LogP contribution in [0.15, 0.2) is 5.38 Å². The predicted molar refractivity (Wildman–Crippen MR) is 72.8 cm³/mol. The molecule has 0 saturated heterocycles. The largest absolute Gasteiger partial charge is 0.465 e. The summed E-state index contributed by atoms with van der Waals surface area (Å²) in [5.41, 5.74) is -0.0319. The zero-order chi connectivity index (χ0) is 14.0. The second-order valence-corrected chi connectivity index (χ2v) is 6.34. The van der Waals surface area contributed by atoms with E-state index in [0.29, 0.717) is 6.54 Å². The summed E-state index contributed by atoms with van der Waals surface area (Å²) < 4.78 is 0. The Labute approximate surface area is 112 Å². The molecule has 1 aromatic rings. The van der Waals surface area contributed by atoms with Gasteiger partial charge in [-0.3, -0.25) is 0 Å². The van der Waals surface area contributed by atoms with Crippen molar-refractivity contribution in [3.63, 3.8) is 0 Å². The zero-order valence-corrected chi connectivity index (χ0v) is 12.3. The quantitative estimate of drug-likeness (QED) is 0.786. The number of amides is 1. The van der Waals surface area contributed by atoms with Gasteiger partial charge in [0.15, 0.2) is 0 Å². The predicted octanol–water partition coefficient (Wildman–Crippen LogP) is 2.39. The first-order valence-corrected chi connectivity index (χ1v) is 6.69. The number of nitrogens with zero attached hydrogens (tertiary/aromatic N) is 1. The maximum Gasteiger partial charge on any atom is 0.405 e. The molecule has 0 radical (unpaired) electrons. The summed E-state index contributed by atoms with van der Waals surface area (Å²) in [6.07, 6.45) is -1.03. The van der Waals surface area contributed by atoms with Crippen LogP contribution in [-0.2, 0) is 12.1 Å². The molecule has 0 aliphatic heterocycles. The summed E-state index contributed by atoms with van der Waals surface area (Å²) in [4.78, 5) is 15.5. The third kappa shape index (κ3) is 3.00. The number of nitrogens with one attached hydrogen (secondary N) is 2. The lowest BCUT2D eigenvalue weighted by Crippen LogP contribution is -2.51. The van der Waals surface area contributed by atoms with Crippen LogP contribution in [0, 0.1) is 5.41 Å². The zero-order valence-electron chi connectivity index (χ0n) is 11.5. The number of carboxylic acid groups (broad SMARTS) is 1. The average molecular weight is 271 g/mol.